The summed E-state index contributed by atoms with van der Waals surface area (Å²) < 4.78 is 0. The number of aromatic nitrogens is 1. The van der Waals surface area contributed by atoms with E-state index < -0.39 is 11.9 Å². The molecule has 18 heavy (non-hydrogen) atoms. The monoisotopic (exact) mass is 263 g/mol. The van der Waals surface area contributed by atoms with Gasteiger partial charge in [-0.2, -0.15) is 0 Å². The lowest BCUT2D eigenvalue weighted by atomic mass is 10.3. The lowest BCUT2D eigenvalue weighted by molar-refractivity contribution is 0.0691. The van der Waals surface area contributed by atoms with Gasteiger partial charge in [-0.3, -0.25) is 4.79 Å². The van der Waals surface area contributed by atoms with Gasteiger partial charge in [-0.05, 0) is 12.1 Å². The van der Waals surface area contributed by atoms with Gasteiger partial charge in [0.1, 0.15) is 0 Å². The average molecular weight is 263 g/mol. The lowest BCUT2D eigenvalue weighted by Crippen LogP contribution is -2.13. The number of para-hydroxylation sites is 2. The van der Waals surface area contributed by atoms with Gasteiger partial charge in [-0.15, -0.1) is 11.3 Å². The molecule has 0 unspecified atom stereocenters. The molecule has 0 aliphatic rings. The van der Waals surface area contributed by atoms with Crippen LogP contribution < -0.4 is 11.1 Å². The molecule has 1 aromatic heterocycles. The van der Waals surface area contributed by atoms with Gasteiger partial charge in [0.25, 0.3) is 5.91 Å². The molecule has 92 valence electrons. The fourth-order valence-corrected chi connectivity index (χ4v) is 1.95. The van der Waals surface area contributed by atoms with E-state index in [4.69, 9.17) is 10.8 Å². The maximum atomic E-state index is 11.8. The van der Waals surface area contributed by atoms with E-state index in [9.17, 15) is 9.59 Å². The Morgan fingerprint density at radius 2 is 2.06 bits per heavy atom. The summed E-state index contributed by atoms with van der Waals surface area (Å²) in [6, 6.07) is 6.78. The zero-order chi connectivity index (χ0) is 13.1. The molecule has 0 aliphatic heterocycles. The second-order valence-corrected chi connectivity index (χ2v) is 4.24. The highest BCUT2D eigenvalue weighted by atomic mass is 32.1. The first kappa shape index (κ1) is 12.1. The number of thiazole rings is 1. The van der Waals surface area contributed by atoms with E-state index in [2.05, 4.69) is 10.3 Å². The minimum atomic E-state index is -1.16. The van der Waals surface area contributed by atoms with E-state index in [1.165, 1.54) is 5.38 Å². The highest BCUT2D eigenvalue weighted by molar-refractivity contribution is 7.12. The van der Waals surface area contributed by atoms with Crippen molar-refractivity contribution in [2.45, 2.75) is 0 Å². The van der Waals surface area contributed by atoms with Crippen molar-refractivity contribution in [1.29, 1.82) is 0 Å². The molecule has 0 fully saturated rings. The SMILES string of the molecule is Nc1ccccc1NC(=O)c1nc(C(=O)O)cs1. The predicted molar refractivity (Wildman–Crippen MR) is 67.9 cm³/mol. The fourth-order valence-electron chi connectivity index (χ4n) is 1.26. The summed E-state index contributed by atoms with van der Waals surface area (Å²) in [4.78, 5) is 26.1. The Labute approximate surface area is 106 Å². The first-order valence-electron chi connectivity index (χ1n) is 4.92. The highest BCUT2D eigenvalue weighted by Gasteiger charge is 2.15. The normalized spacial score (nSPS) is 10.0. The summed E-state index contributed by atoms with van der Waals surface area (Å²) in [5.41, 5.74) is 6.43. The van der Waals surface area contributed by atoms with E-state index in [0.29, 0.717) is 11.4 Å². The smallest absolute Gasteiger partial charge is 0.355 e. The molecule has 0 radical (unpaired) electrons. The third-order valence-electron chi connectivity index (χ3n) is 2.13. The van der Waals surface area contributed by atoms with Crippen molar-refractivity contribution in [2.75, 3.05) is 11.1 Å². The molecule has 0 saturated heterocycles. The van der Waals surface area contributed by atoms with Gasteiger partial charge in [0, 0.05) is 5.38 Å². The molecule has 6 nitrogen and oxygen atoms in total. The molecule has 0 saturated carbocycles. The van der Waals surface area contributed by atoms with Gasteiger partial charge in [-0.25, -0.2) is 9.78 Å². The van der Waals surface area contributed by atoms with Crippen molar-refractivity contribution < 1.29 is 14.7 Å². The van der Waals surface area contributed by atoms with Crippen LogP contribution in [0.2, 0.25) is 0 Å². The Bertz CT molecular complexity index is 609. The number of nitrogens with one attached hydrogen (secondary N) is 1. The first-order valence-corrected chi connectivity index (χ1v) is 5.80. The Hall–Kier alpha value is -2.41. The Balaban J connectivity index is 2.17. The minimum Gasteiger partial charge on any atom is -0.476 e. The number of hydrogen-bond acceptors (Lipinski definition) is 5. The molecule has 4 N–H and O–H groups in total. The molecule has 1 amide bonds. The molecule has 0 atom stereocenters. The standard InChI is InChI=1S/C11H9N3O3S/c12-6-3-1-2-4-7(6)13-9(15)10-14-8(5-18-10)11(16)17/h1-5H,12H2,(H,13,15)(H,16,17). The Morgan fingerprint density at radius 3 is 2.67 bits per heavy atom. The number of carboxylic acid groups (broad SMARTS) is 1. The molecule has 0 spiro atoms. The maximum absolute atomic E-state index is 11.8. The van der Waals surface area contributed by atoms with Crippen molar-refractivity contribution >= 4 is 34.6 Å². The van der Waals surface area contributed by atoms with Crippen LogP contribution in [0.1, 0.15) is 20.3 Å². The predicted octanol–water partition coefficient (Wildman–Crippen LogP) is 1.68. The van der Waals surface area contributed by atoms with Gasteiger partial charge in [0.05, 0.1) is 11.4 Å². The third-order valence-corrected chi connectivity index (χ3v) is 2.97. The van der Waals surface area contributed by atoms with Crippen LogP contribution in [0.15, 0.2) is 29.6 Å². The minimum absolute atomic E-state index is 0.0793. The van der Waals surface area contributed by atoms with E-state index in [0.717, 1.165) is 11.3 Å². The van der Waals surface area contributed by atoms with Crippen LogP contribution in [0.5, 0.6) is 0 Å². The second-order valence-electron chi connectivity index (χ2n) is 3.38. The van der Waals surface area contributed by atoms with Gasteiger partial charge in [0.15, 0.2) is 10.7 Å². The summed E-state index contributed by atoms with van der Waals surface area (Å²) in [6.07, 6.45) is 0. The maximum Gasteiger partial charge on any atom is 0.355 e. The number of anilines is 2. The van der Waals surface area contributed by atoms with Crippen LogP contribution in [0.4, 0.5) is 11.4 Å². The summed E-state index contributed by atoms with van der Waals surface area (Å²) in [5.74, 6) is -1.64. The number of nitrogens with zero attached hydrogens (tertiary/aromatic N) is 1. The zero-order valence-electron chi connectivity index (χ0n) is 9.08. The van der Waals surface area contributed by atoms with Crippen LogP contribution in [-0.4, -0.2) is 22.0 Å². The molecule has 2 rings (SSSR count). The van der Waals surface area contributed by atoms with E-state index in [1.54, 1.807) is 24.3 Å². The van der Waals surface area contributed by atoms with Gasteiger partial charge in [-0.1, -0.05) is 12.1 Å². The summed E-state index contributed by atoms with van der Waals surface area (Å²) in [5, 5.41) is 12.7. The molecular formula is C11H9N3O3S. The molecule has 1 heterocycles. The number of rotatable bonds is 3. The van der Waals surface area contributed by atoms with Crippen LogP contribution in [-0.2, 0) is 0 Å². The first-order chi connectivity index (χ1) is 8.58. The van der Waals surface area contributed by atoms with Gasteiger partial charge < -0.3 is 16.2 Å². The quantitative estimate of drug-likeness (QED) is 0.730. The van der Waals surface area contributed by atoms with Gasteiger partial charge in [0.2, 0.25) is 0 Å². The summed E-state index contributed by atoms with van der Waals surface area (Å²) >= 11 is 0.966. The van der Waals surface area contributed by atoms with Crippen LogP contribution >= 0.6 is 11.3 Å². The lowest BCUT2D eigenvalue weighted by Gasteiger charge is -2.05. The molecular weight excluding hydrogens is 254 g/mol. The number of amides is 1. The number of benzene rings is 1. The van der Waals surface area contributed by atoms with E-state index >= 15 is 0 Å². The van der Waals surface area contributed by atoms with Crippen molar-refractivity contribution in [3.05, 3.63) is 40.3 Å². The number of carbonyl (C=O) groups is 2. The molecule has 0 bridgehead atoms. The van der Waals surface area contributed by atoms with Crippen LogP contribution in [0, 0.1) is 0 Å². The second kappa shape index (κ2) is 4.84. The number of aromatic carboxylic acids is 1. The van der Waals surface area contributed by atoms with Crippen molar-refractivity contribution in [3.8, 4) is 0 Å². The topological polar surface area (TPSA) is 105 Å². The summed E-state index contributed by atoms with van der Waals surface area (Å²) in [6.45, 7) is 0. The van der Waals surface area contributed by atoms with E-state index in [1.807, 2.05) is 0 Å². The Morgan fingerprint density at radius 1 is 1.33 bits per heavy atom. The number of hydrogen-bond donors (Lipinski definition) is 3. The molecule has 2 aromatic rings. The van der Waals surface area contributed by atoms with Gasteiger partial charge >= 0.3 is 5.97 Å². The highest BCUT2D eigenvalue weighted by Crippen LogP contribution is 2.19. The zero-order valence-corrected chi connectivity index (χ0v) is 9.90. The molecule has 0 aliphatic carbocycles. The number of nitrogens with two attached hydrogens (primary N) is 1. The number of carboxylic acids is 1. The summed E-state index contributed by atoms with van der Waals surface area (Å²) in [7, 11) is 0. The molecule has 7 heteroatoms. The van der Waals surface area contributed by atoms with E-state index in [-0.39, 0.29) is 10.7 Å². The van der Waals surface area contributed by atoms with Crippen molar-refractivity contribution in [2.24, 2.45) is 0 Å². The molecule has 1 aromatic carbocycles. The average Bonchev–Trinajstić information content (AvgIpc) is 2.81. The van der Waals surface area contributed by atoms with Crippen LogP contribution in [0.3, 0.4) is 0 Å². The van der Waals surface area contributed by atoms with Crippen molar-refractivity contribution in [1.82, 2.24) is 4.98 Å². The Kier molecular flexibility index (Phi) is 3.24. The third kappa shape index (κ3) is 2.46. The number of nitrogen functional groups attached to an aromatic ring is 1. The fraction of sp³-hybridized carbons (Fsp3) is 0. The van der Waals surface area contributed by atoms with Crippen molar-refractivity contribution in [3.63, 3.8) is 0 Å². The number of carbonyl (C=O) groups excluding carboxylic acids is 1. The van der Waals surface area contributed by atoms with Crippen LogP contribution in [0.25, 0.3) is 0 Å². The largest absolute Gasteiger partial charge is 0.476 e.